The zero-order chi connectivity index (χ0) is 5.70. The van der Waals surface area contributed by atoms with E-state index in [0.29, 0.717) is 6.61 Å². The summed E-state index contributed by atoms with van der Waals surface area (Å²) < 4.78 is 4.68. The normalized spacial score (nSPS) is 12.0. The van der Waals surface area contributed by atoms with Gasteiger partial charge in [0.05, 0.1) is 12.3 Å². The molecule has 0 aliphatic carbocycles. The summed E-state index contributed by atoms with van der Waals surface area (Å²) in [5, 5.41) is 3.37. The summed E-state index contributed by atoms with van der Waals surface area (Å²) in [6, 6.07) is 0. The first-order chi connectivity index (χ1) is 3.31. The molecule has 0 unspecified atom stereocenters. The van der Waals surface area contributed by atoms with E-state index in [1.165, 1.54) is 0 Å². The predicted molar refractivity (Wildman–Crippen MR) is 29.2 cm³/mol. The average molecular weight is 102 g/mol. The van der Waals surface area contributed by atoms with Gasteiger partial charge in [-0.1, -0.05) is 0 Å². The number of ether oxygens (including phenoxy) is 1. The second-order valence-corrected chi connectivity index (χ2v) is 1.30. The third-order valence-electron chi connectivity index (χ3n) is 0.574. The zero-order valence-electron chi connectivity index (χ0n) is 4.64. The molecule has 0 spiro atoms. The molecule has 0 saturated carbocycles. The third-order valence-corrected chi connectivity index (χ3v) is 0.574. The van der Waals surface area contributed by atoms with Crippen LogP contribution in [0, 0.1) is 0 Å². The van der Waals surface area contributed by atoms with Crippen molar-refractivity contribution in [3.8, 4) is 0 Å². The van der Waals surface area contributed by atoms with Crippen LogP contribution in [-0.2, 0) is 4.74 Å². The Morgan fingerprint density at radius 3 is 2.57 bits per heavy atom. The largest absolute Gasteiger partial charge is 0.379 e. The van der Waals surface area contributed by atoms with Crippen LogP contribution in [0.3, 0.4) is 0 Å². The van der Waals surface area contributed by atoms with Crippen LogP contribution in [0.5, 0.6) is 0 Å². The van der Waals surface area contributed by atoms with E-state index < -0.39 is 0 Å². The standard InChI is InChI=1S/C4H10N2O/c1-4(6-5)3-7-2/h3,5H2,1-2H3/b6-4+. The summed E-state index contributed by atoms with van der Waals surface area (Å²) in [7, 11) is 1.61. The summed E-state index contributed by atoms with van der Waals surface area (Å²) in [5.74, 6) is 4.87. The van der Waals surface area contributed by atoms with Crippen molar-refractivity contribution in [1.82, 2.24) is 0 Å². The molecule has 0 heterocycles. The summed E-state index contributed by atoms with van der Waals surface area (Å²) >= 11 is 0. The number of methoxy groups -OCH3 is 1. The molecule has 2 N–H and O–H groups in total. The van der Waals surface area contributed by atoms with Gasteiger partial charge in [0.2, 0.25) is 0 Å². The molecule has 0 aromatic carbocycles. The lowest BCUT2D eigenvalue weighted by Gasteiger charge is -1.91. The first-order valence-electron chi connectivity index (χ1n) is 2.03. The molecule has 0 fully saturated rings. The molecule has 0 aliphatic rings. The topological polar surface area (TPSA) is 47.6 Å². The lowest BCUT2D eigenvalue weighted by molar-refractivity contribution is 0.244. The Labute approximate surface area is 43.2 Å². The fraction of sp³-hybridized carbons (Fsp3) is 0.750. The molecule has 3 heteroatoms. The fourth-order valence-electron chi connectivity index (χ4n) is 0.246. The molecule has 0 radical (unpaired) electrons. The summed E-state index contributed by atoms with van der Waals surface area (Å²) in [5.41, 5.74) is 0.808. The highest BCUT2D eigenvalue weighted by molar-refractivity contribution is 5.82. The van der Waals surface area contributed by atoms with Crippen molar-refractivity contribution in [3.05, 3.63) is 0 Å². The Bertz CT molecular complexity index is 70.1. The smallest absolute Gasteiger partial charge is 0.0859 e. The lowest BCUT2D eigenvalue weighted by Crippen LogP contribution is -2.03. The van der Waals surface area contributed by atoms with Crippen molar-refractivity contribution >= 4 is 5.71 Å². The van der Waals surface area contributed by atoms with Gasteiger partial charge in [0.15, 0.2) is 0 Å². The Morgan fingerprint density at radius 2 is 2.43 bits per heavy atom. The van der Waals surface area contributed by atoms with Crippen LogP contribution in [0.25, 0.3) is 0 Å². The van der Waals surface area contributed by atoms with Gasteiger partial charge in [-0.05, 0) is 6.92 Å². The molecule has 0 atom stereocenters. The van der Waals surface area contributed by atoms with E-state index in [0.717, 1.165) is 5.71 Å². The van der Waals surface area contributed by atoms with Crippen LogP contribution < -0.4 is 5.84 Å². The van der Waals surface area contributed by atoms with E-state index in [9.17, 15) is 0 Å². The number of hydrogen-bond donors (Lipinski definition) is 1. The lowest BCUT2D eigenvalue weighted by atomic mass is 10.5. The second kappa shape index (κ2) is 3.61. The predicted octanol–water partition coefficient (Wildman–Crippen LogP) is -0.0326. The Balaban J connectivity index is 3.17. The molecular weight excluding hydrogens is 92.1 g/mol. The van der Waals surface area contributed by atoms with Gasteiger partial charge in [-0.3, -0.25) is 0 Å². The number of nitrogens with two attached hydrogens (primary N) is 1. The minimum Gasteiger partial charge on any atom is -0.379 e. The van der Waals surface area contributed by atoms with E-state index >= 15 is 0 Å². The van der Waals surface area contributed by atoms with Crippen LogP contribution >= 0.6 is 0 Å². The average Bonchev–Trinajstić information content (AvgIpc) is 1.68. The van der Waals surface area contributed by atoms with E-state index in [4.69, 9.17) is 5.84 Å². The summed E-state index contributed by atoms with van der Waals surface area (Å²) in [6.45, 7) is 2.33. The zero-order valence-corrected chi connectivity index (χ0v) is 4.64. The van der Waals surface area contributed by atoms with Crippen LogP contribution in [0.4, 0.5) is 0 Å². The van der Waals surface area contributed by atoms with Crippen molar-refractivity contribution in [2.45, 2.75) is 6.92 Å². The first kappa shape index (κ1) is 6.43. The molecular formula is C4H10N2O. The highest BCUT2D eigenvalue weighted by atomic mass is 16.5. The van der Waals surface area contributed by atoms with Gasteiger partial charge < -0.3 is 10.6 Å². The quantitative estimate of drug-likeness (QED) is 0.302. The van der Waals surface area contributed by atoms with Crippen LogP contribution in [-0.4, -0.2) is 19.4 Å². The van der Waals surface area contributed by atoms with E-state index in [1.807, 2.05) is 6.92 Å². The molecule has 0 rings (SSSR count). The molecule has 0 bridgehead atoms. The molecule has 0 saturated heterocycles. The first-order valence-corrected chi connectivity index (χ1v) is 2.03. The Morgan fingerprint density at radius 1 is 1.86 bits per heavy atom. The van der Waals surface area contributed by atoms with Crippen LogP contribution in [0.15, 0.2) is 5.10 Å². The molecule has 0 amide bonds. The van der Waals surface area contributed by atoms with E-state index in [2.05, 4.69) is 9.84 Å². The van der Waals surface area contributed by atoms with Gasteiger partial charge in [-0.15, -0.1) is 0 Å². The van der Waals surface area contributed by atoms with Gasteiger partial charge in [0.1, 0.15) is 0 Å². The third kappa shape index (κ3) is 3.26. The number of nitrogens with zero attached hydrogens (tertiary/aromatic N) is 1. The van der Waals surface area contributed by atoms with E-state index in [1.54, 1.807) is 7.11 Å². The van der Waals surface area contributed by atoms with Crippen molar-refractivity contribution in [2.24, 2.45) is 10.9 Å². The van der Waals surface area contributed by atoms with Crippen LogP contribution in [0.1, 0.15) is 6.92 Å². The molecule has 0 aromatic rings. The van der Waals surface area contributed by atoms with Crippen molar-refractivity contribution in [3.63, 3.8) is 0 Å². The molecule has 0 aromatic heterocycles. The fourth-order valence-corrected chi connectivity index (χ4v) is 0.246. The Kier molecular flexibility index (Phi) is 3.32. The second-order valence-electron chi connectivity index (χ2n) is 1.30. The Hall–Kier alpha value is -0.570. The SMILES string of the molecule is COC/C(C)=N/N. The monoisotopic (exact) mass is 102 g/mol. The van der Waals surface area contributed by atoms with Crippen LogP contribution in [0.2, 0.25) is 0 Å². The van der Waals surface area contributed by atoms with E-state index in [-0.39, 0.29) is 0 Å². The van der Waals surface area contributed by atoms with Crippen molar-refractivity contribution in [1.29, 1.82) is 0 Å². The minimum atomic E-state index is 0.524. The van der Waals surface area contributed by atoms with Gasteiger partial charge in [-0.2, -0.15) is 5.10 Å². The maximum absolute atomic E-state index is 4.87. The highest BCUT2D eigenvalue weighted by Crippen LogP contribution is 1.71. The van der Waals surface area contributed by atoms with Gasteiger partial charge >= 0.3 is 0 Å². The minimum absolute atomic E-state index is 0.524. The molecule has 0 aliphatic heterocycles. The number of hydrogen-bond acceptors (Lipinski definition) is 3. The van der Waals surface area contributed by atoms with Crippen molar-refractivity contribution in [2.75, 3.05) is 13.7 Å². The highest BCUT2D eigenvalue weighted by Gasteiger charge is 1.82. The molecule has 7 heavy (non-hydrogen) atoms. The maximum Gasteiger partial charge on any atom is 0.0859 e. The summed E-state index contributed by atoms with van der Waals surface area (Å²) in [6.07, 6.45) is 0. The van der Waals surface area contributed by atoms with Crippen molar-refractivity contribution < 1.29 is 4.74 Å². The van der Waals surface area contributed by atoms with Gasteiger partial charge in [0, 0.05) is 7.11 Å². The maximum atomic E-state index is 4.87. The summed E-state index contributed by atoms with van der Waals surface area (Å²) in [4.78, 5) is 0. The molecule has 42 valence electrons. The van der Waals surface area contributed by atoms with Gasteiger partial charge in [0.25, 0.3) is 0 Å². The van der Waals surface area contributed by atoms with Gasteiger partial charge in [-0.25, -0.2) is 0 Å². The molecule has 3 nitrogen and oxygen atoms in total. The number of hydrazone groups is 1. The number of rotatable bonds is 2.